The van der Waals surface area contributed by atoms with E-state index in [9.17, 15) is 18.0 Å². The first kappa shape index (κ1) is 14.1. The van der Waals surface area contributed by atoms with Crippen molar-refractivity contribution in [3.8, 4) is 0 Å². The Morgan fingerprint density at radius 1 is 1.43 bits per heavy atom. The molecule has 0 N–H and O–H groups in total. The molecule has 3 atom stereocenters. The van der Waals surface area contributed by atoms with Crippen molar-refractivity contribution in [2.45, 2.75) is 30.8 Å². The van der Waals surface area contributed by atoms with Gasteiger partial charge in [-0.15, -0.1) is 0 Å². The Balaban J connectivity index is 1.67. The van der Waals surface area contributed by atoms with E-state index in [4.69, 9.17) is 13.7 Å². The number of carbonyl (C=O) groups is 2. The van der Waals surface area contributed by atoms with Crippen LogP contribution in [0.5, 0.6) is 0 Å². The summed E-state index contributed by atoms with van der Waals surface area (Å²) in [6.07, 6.45) is -1.14. The van der Waals surface area contributed by atoms with Crippen molar-refractivity contribution in [1.82, 2.24) is 0 Å². The van der Waals surface area contributed by atoms with Crippen LogP contribution in [0.25, 0.3) is 0 Å². The minimum atomic E-state index is -3.71. The molecule has 3 aliphatic rings. The summed E-state index contributed by atoms with van der Waals surface area (Å²) in [5.74, 6) is -1.48. The Labute approximate surface area is 120 Å². The lowest BCUT2D eigenvalue weighted by atomic mass is 10.0. The highest BCUT2D eigenvalue weighted by atomic mass is 32.2. The third-order valence-corrected chi connectivity index (χ3v) is 4.95. The first-order chi connectivity index (χ1) is 9.79. The van der Waals surface area contributed by atoms with E-state index in [0.717, 1.165) is 0 Å². The second-order valence-electron chi connectivity index (χ2n) is 4.95. The normalized spacial score (nSPS) is 31.0. The van der Waals surface area contributed by atoms with E-state index >= 15 is 0 Å². The lowest BCUT2D eigenvalue weighted by Crippen LogP contribution is -2.24. The molecule has 3 aliphatic heterocycles. The largest absolute Gasteiger partial charge is 0.450 e. The van der Waals surface area contributed by atoms with Gasteiger partial charge in [-0.25, -0.2) is 9.59 Å². The fourth-order valence-corrected chi connectivity index (χ4v) is 3.87. The quantitative estimate of drug-likeness (QED) is 0.397. The molecule has 0 amide bonds. The zero-order chi connectivity index (χ0) is 15.4. The molecule has 0 aliphatic carbocycles. The third kappa shape index (κ3) is 2.22. The Morgan fingerprint density at radius 2 is 2.14 bits per heavy atom. The maximum absolute atomic E-state index is 11.6. The highest BCUT2D eigenvalue weighted by Gasteiger charge is 2.62. The molecule has 3 rings (SSSR count). The molecule has 2 bridgehead atoms. The van der Waals surface area contributed by atoms with Crippen molar-refractivity contribution in [2.75, 3.05) is 6.61 Å². The molecule has 0 radical (unpaired) electrons. The van der Waals surface area contributed by atoms with Crippen LogP contribution in [-0.2, 0) is 38.1 Å². The van der Waals surface area contributed by atoms with Crippen LogP contribution < -0.4 is 0 Å². The number of rotatable bonds is 4. The van der Waals surface area contributed by atoms with Gasteiger partial charge in [-0.2, -0.15) is 8.42 Å². The molecule has 2 saturated heterocycles. The van der Waals surface area contributed by atoms with Crippen LogP contribution in [0.4, 0.5) is 0 Å². The average molecular weight is 316 g/mol. The van der Waals surface area contributed by atoms with E-state index < -0.39 is 46.1 Å². The molecule has 9 heteroatoms. The van der Waals surface area contributed by atoms with Gasteiger partial charge in [0.1, 0.15) is 17.5 Å². The molecule has 0 aromatic heterocycles. The van der Waals surface area contributed by atoms with Gasteiger partial charge in [0.25, 0.3) is 0 Å². The van der Waals surface area contributed by atoms with E-state index in [2.05, 4.69) is 11.3 Å². The molecular weight excluding hydrogens is 304 g/mol. The highest BCUT2D eigenvalue weighted by Crippen LogP contribution is 2.49. The van der Waals surface area contributed by atoms with E-state index in [0.29, 0.717) is 0 Å². The lowest BCUT2D eigenvalue weighted by molar-refractivity contribution is -0.154. The van der Waals surface area contributed by atoms with Crippen LogP contribution in [0.3, 0.4) is 0 Å². The van der Waals surface area contributed by atoms with Crippen molar-refractivity contribution >= 4 is 22.1 Å². The molecule has 21 heavy (non-hydrogen) atoms. The smallest absolute Gasteiger partial charge is 0.349 e. The van der Waals surface area contributed by atoms with Crippen molar-refractivity contribution in [3.05, 3.63) is 23.7 Å². The minimum absolute atomic E-state index is 0.0239. The van der Waals surface area contributed by atoms with Gasteiger partial charge in [0, 0.05) is 12.0 Å². The van der Waals surface area contributed by atoms with Crippen molar-refractivity contribution < 1.29 is 36.4 Å². The summed E-state index contributed by atoms with van der Waals surface area (Å²) in [4.78, 5) is 22.8. The van der Waals surface area contributed by atoms with Gasteiger partial charge in [-0.05, 0) is 6.92 Å². The number of hydrogen-bond donors (Lipinski definition) is 0. The van der Waals surface area contributed by atoms with E-state index in [1.54, 1.807) is 0 Å². The number of fused-ring (bicyclic) bond motifs is 1. The first-order valence-electron chi connectivity index (χ1n) is 6.15. The average Bonchev–Trinajstić information content (AvgIpc) is 2.99. The van der Waals surface area contributed by atoms with Crippen molar-refractivity contribution in [1.29, 1.82) is 0 Å². The summed E-state index contributed by atoms with van der Waals surface area (Å²) < 4.78 is 43.2. The van der Waals surface area contributed by atoms with Gasteiger partial charge in [0.2, 0.25) is 0 Å². The van der Waals surface area contributed by atoms with Gasteiger partial charge in [0.15, 0.2) is 18.1 Å². The van der Waals surface area contributed by atoms with Crippen molar-refractivity contribution in [2.24, 2.45) is 0 Å². The summed E-state index contributed by atoms with van der Waals surface area (Å²) in [5, 5.41) is -0.735. The molecule has 2 fully saturated rings. The second kappa shape index (κ2) is 4.57. The standard InChI is InChI=1S/C12H12O8S/c1-5(2)12(14)17-4-8(13)19-9-6-3-7-10(18-6)11(9)20-21(7,15)16/h6-7,10H,1,3-4H2,2H3. The van der Waals surface area contributed by atoms with Gasteiger partial charge >= 0.3 is 22.1 Å². The summed E-state index contributed by atoms with van der Waals surface area (Å²) >= 11 is 0. The fraction of sp³-hybridized carbons (Fsp3) is 0.500. The molecule has 8 nitrogen and oxygen atoms in total. The molecule has 0 spiro atoms. The second-order valence-corrected chi connectivity index (χ2v) is 6.71. The SMILES string of the molecule is C=C(C)C(=O)OCC(=O)OC1=C2OS(=O)(=O)C3CC1OC23. The van der Waals surface area contributed by atoms with Crippen LogP contribution in [0, 0.1) is 0 Å². The maximum atomic E-state index is 11.6. The lowest BCUT2D eigenvalue weighted by Gasteiger charge is -2.11. The fourth-order valence-electron chi connectivity index (χ4n) is 2.41. The molecule has 0 aromatic rings. The number of carbonyl (C=O) groups excluding carboxylic acids is 2. The molecule has 114 valence electrons. The molecule has 0 aromatic carbocycles. The Hall–Kier alpha value is -1.87. The summed E-state index contributed by atoms with van der Waals surface area (Å²) in [6, 6.07) is 0. The van der Waals surface area contributed by atoms with Gasteiger partial charge in [-0.3, -0.25) is 0 Å². The van der Waals surface area contributed by atoms with Gasteiger partial charge < -0.3 is 18.4 Å². The maximum Gasteiger partial charge on any atom is 0.349 e. The topological polar surface area (TPSA) is 105 Å². The molecule has 3 unspecified atom stereocenters. The van der Waals surface area contributed by atoms with Crippen LogP contribution >= 0.6 is 0 Å². The van der Waals surface area contributed by atoms with Crippen molar-refractivity contribution in [3.63, 3.8) is 0 Å². The Morgan fingerprint density at radius 3 is 2.81 bits per heavy atom. The first-order valence-corrected chi connectivity index (χ1v) is 7.63. The summed E-state index contributed by atoms with van der Waals surface area (Å²) in [6.45, 7) is 4.21. The van der Waals surface area contributed by atoms with Gasteiger partial charge in [-0.1, -0.05) is 6.58 Å². The van der Waals surface area contributed by atoms with Gasteiger partial charge in [0.05, 0.1) is 0 Å². The molecule has 0 saturated carbocycles. The van der Waals surface area contributed by atoms with E-state index in [-0.39, 0.29) is 23.5 Å². The number of hydrogen-bond acceptors (Lipinski definition) is 8. The minimum Gasteiger partial charge on any atom is -0.450 e. The van der Waals surface area contributed by atoms with E-state index in [1.165, 1.54) is 6.92 Å². The summed E-state index contributed by atoms with van der Waals surface area (Å²) in [7, 11) is -3.71. The Bertz CT molecular complexity index is 673. The Kier molecular flexibility index (Phi) is 3.06. The predicted octanol–water partition coefficient (Wildman–Crippen LogP) is -0.240. The van der Waals surface area contributed by atoms with E-state index in [1.807, 2.05) is 0 Å². The number of esters is 2. The molecular formula is C12H12O8S. The zero-order valence-corrected chi connectivity index (χ0v) is 11.8. The number of ether oxygens (including phenoxy) is 3. The zero-order valence-electron chi connectivity index (χ0n) is 11.0. The predicted molar refractivity (Wildman–Crippen MR) is 66.0 cm³/mol. The van der Waals surface area contributed by atoms with Crippen LogP contribution in [-0.4, -0.2) is 44.4 Å². The van der Waals surface area contributed by atoms with Crippen LogP contribution in [0.1, 0.15) is 13.3 Å². The monoisotopic (exact) mass is 316 g/mol. The van der Waals surface area contributed by atoms with Crippen LogP contribution in [0.2, 0.25) is 0 Å². The van der Waals surface area contributed by atoms with Crippen LogP contribution in [0.15, 0.2) is 23.7 Å². The highest BCUT2D eigenvalue weighted by molar-refractivity contribution is 7.87. The summed E-state index contributed by atoms with van der Waals surface area (Å²) in [5.41, 5.74) is 0.154. The third-order valence-electron chi connectivity index (χ3n) is 3.36. The molecule has 3 heterocycles.